The van der Waals surface area contributed by atoms with Gasteiger partial charge in [0.1, 0.15) is 17.3 Å². The zero-order valence-corrected chi connectivity index (χ0v) is 27.3. The molecule has 234 valence electrons. The Bertz CT molecular complexity index is 1650. The maximum absolute atomic E-state index is 14.9. The van der Waals surface area contributed by atoms with E-state index in [4.69, 9.17) is 16.3 Å². The van der Waals surface area contributed by atoms with Gasteiger partial charge in [-0.3, -0.25) is 9.69 Å². The highest BCUT2D eigenvalue weighted by atomic mass is 35.5. The molecule has 1 saturated heterocycles. The topological polar surface area (TPSA) is 94.2 Å². The molecule has 4 aromatic rings. The summed E-state index contributed by atoms with van der Waals surface area (Å²) in [5.41, 5.74) is 3.47. The third-order valence-electron chi connectivity index (χ3n) is 8.24. The van der Waals surface area contributed by atoms with Crippen LogP contribution < -0.4 is 4.74 Å². The Labute approximate surface area is 262 Å². The highest BCUT2D eigenvalue weighted by Gasteiger charge is 2.37. The quantitative estimate of drug-likeness (QED) is 0.264. The first-order valence-electron chi connectivity index (χ1n) is 14.8. The van der Waals surface area contributed by atoms with Crippen molar-refractivity contribution in [3.05, 3.63) is 81.6 Å². The van der Waals surface area contributed by atoms with Crippen LogP contribution in [0.4, 0.5) is 4.39 Å². The number of halogens is 2. The standard InChI is InChI=1S/C32H40ClFN8O2/c1-19-9-12-28(44-8)25(13-19)22(4)41-18-24(35-37-41)17-40-20(2)15-39(16-21(40)3)31(43)29-30(32(5,6)7)42(38-36-29)27-11-10-23(33)14-26(27)34/h9-14,18,20-22H,15-17H2,1-8H3/t20-,21+,22-/m1/s1. The Morgan fingerprint density at radius 3 is 2.43 bits per heavy atom. The molecule has 0 radical (unpaired) electrons. The number of hydrogen-bond donors (Lipinski definition) is 0. The van der Waals surface area contributed by atoms with Gasteiger partial charge in [0.2, 0.25) is 0 Å². The molecule has 3 heterocycles. The molecule has 12 heteroatoms. The van der Waals surface area contributed by atoms with Gasteiger partial charge < -0.3 is 9.64 Å². The van der Waals surface area contributed by atoms with Gasteiger partial charge in [0, 0.05) is 47.7 Å². The maximum atomic E-state index is 14.9. The minimum atomic E-state index is -0.537. The lowest BCUT2D eigenvalue weighted by molar-refractivity contribution is 0.0258. The fourth-order valence-electron chi connectivity index (χ4n) is 5.99. The third kappa shape index (κ3) is 6.21. The summed E-state index contributed by atoms with van der Waals surface area (Å²) >= 11 is 5.97. The summed E-state index contributed by atoms with van der Waals surface area (Å²) in [6, 6.07) is 10.5. The molecular formula is C32H40ClFN8O2. The van der Waals surface area contributed by atoms with E-state index < -0.39 is 11.2 Å². The van der Waals surface area contributed by atoms with Gasteiger partial charge >= 0.3 is 0 Å². The van der Waals surface area contributed by atoms with Crippen molar-refractivity contribution >= 4 is 17.5 Å². The highest BCUT2D eigenvalue weighted by Crippen LogP contribution is 2.31. The Hall–Kier alpha value is -3.83. The van der Waals surface area contributed by atoms with Crippen LogP contribution in [-0.4, -0.2) is 78.0 Å². The van der Waals surface area contributed by atoms with E-state index in [0.29, 0.717) is 25.3 Å². The maximum Gasteiger partial charge on any atom is 0.276 e. The number of ether oxygens (including phenoxy) is 1. The number of aryl methyl sites for hydroxylation is 1. The van der Waals surface area contributed by atoms with Crippen molar-refractivity contribution in [2.45, 2.75) is 78.6 Å². The molecule has 5 rings (SSSR count). The second-order valence-electron chi connectivity index (χ2n) is 12.7. The predicted octanol–water partition coefficient (Wildman–Crippen LogP) is 5.61. The smallest absolute Gasteiger partial charge is 0.276 e. The van der Waals surface area contributed by atoms with E-state index in [2.05, 4.69) is 59.3 Å². The van der Waals surface area contributed by atoms with Crippen LogP contribution in [-0.2, 0) is 12.0 Å². The van der Waals surface area contributed by atoms with Crippen LogP contribution in [0.2, 0.25) is 5.02 Å². The monoisotopic (exact) mass is 622 g/mol. The number of hydrogen-bond acceptors (Lipinski definition) is 7. The molecule has 1 aliphatic heterocycles. The third-order valence-corrected chi connectivity index (χ3v) is 8.48. The second-order valence-corrected chi connectivity index (χ2v) is 13.2. The molecule has 2 aromatic carbocycles. The lowest BCUT2D eigenvalue weighted by atomic mass is 9.89. The molecule has 0 unspecified atom stereocenters. The first-order chi connectivity index (χ1) is 20.8. The fraction of sp³-hybridized carbons (Fsp3) is 0.469. The molecule has 0 spiro atoms. The van der Waals surface area contributed by atoms with Crippen LogP contribution in [0.25, 0.3) is 5.69 Å². The van der Waals surface area contributed by atoms with Crippen LogP contribution in [0.5, 0.6) is 5.75 Å². The molecule has 1 amide bonds. The number of aromatic nitrogens is 6. The van der Waals surface area contributed by atoms with Gasteiger partial charge in [-0.25, -0.2) is 13.8 Å². The molecule has 10 nitrogen and oxygen atoms in total. The van der Waals surface area contributed by atoms with E-state index in [1.165, 1.54) is 10.7 Å². The van der Waals surface area contributed by atoms with E-state index in [1.54, 1.807) is 19.2 Å². The highest BCUT2D eigenvalue weighted by molar-refractivity contribution is 6.30. The first kappa shape index (κ1) is 31.6. The molecule has 0 bridgehead atoms. The van der Waals surface area contributed by atoms with Crippen LogP contribution in [0.15, 0.2) is 42.6 Å². The molecule has 44 heavy (non-hydrogen) atoms. The lowest BCUT2D eigenvalue weighted by Crippen LogP contribution is -2.57. The number of carbonyl (C=O) groups excluding carboxylic acids is 1. The van der Waals surface area contributed by atoms with Gasteiger partial charge in [0.25, 0.3) is 5.91 Å². The minimum absolute atomic E-state index is 0.0454. The van der Waals surface area contributed by atoms with Gasteiger partial charge in [0.05, 0.1) is 30.7 Å². The molecular weight excluding hydrogens is 583 g/mol. The van der Waals surface area contributed by atoms with Crippen LogP contribution in [0, 0.1) is 12.7 Å². The van der Waals surface area contributed by atoms with E-state index in [0.717, 1.165) is 22.6 Å². The van der Waals surface area contributed by atoms with E-state index in [1.807, 2.05) is 48.7 Å². The minimum Gasteiger partial charge on any atom is -0.496 e. The molecule has 3 atom stereocenters. The number of piperazine rings is 1. The average molecular weight is 623 g/mol. The number of benzene rings is 2. The van der Waals surface area contributed by atoms with Gasteiger partial charge in [0.15, 0.2) is 5.69 Å². The van der Waals surface area contributed by atoms with Crippen molar-refractivity contribution in [3.63, 3.8) is 0 Å². The largest absolute Gasteiger partial charge is 0.496 e. The molecule has 0 saturated carbocycles. The lowest BCUT2D eigenvalue weighted by Gasteiger charge is -2.44. The Morgan fingerprint density at radius 1 is 1.09 bits per heavy atom. The summed E-state index contributed by atoms with van der Waals surface area (Å²) in [7, 11) is 1.67. The van der Waals surface area contributed by atoms with Gasteiger partial charge in [-0.2, -0.15) is 0 Å². The number of rotatable bonds is 7. The van der Waals surface area contributed by atoms with Crippen LogP contribution in [0.1, 0.15) is 80.6 Å². The first-order valence-corrected chi connectivity index (χ1v) is 15.2. The summed E-state index contributed by atoms with van der Waals surface area (Å²) < 4.78 is 23.8. The molecule has 0 N–H and O–H groups in total. The molecule has 0 aliphatic carbocycles. The van der Waals surface area contributed by atoms with Crippen molar-refractivity contribution < 1.29 is 13.9 Å². The summed E-state index contributed by atoms with van der Waals surface area (Å²) in [6.45, 7) is 15.8. The van der Waals surface area contributed by atoms with E-state index in [9.17, 15) is 9.18 Å². The molecule has 1 fully saturated rings. The number of carbonyl (C=O) groups is 1. The summed E-state index contributed by atoms with van der Waals surface area (Å²) in [5.74, 6) is 0.0593. The summed E-state index contributed by atoms with van der Waals surface area (Å²) in [5, 5.41) is 17.7. The second kappa shape index (κ2) is 12.3. The number of methoxy groups -OCH3 is 1. The van der Waals surface area contributed by atoms with Gasteiger partial charge in [-0.15, -0.1) is 10.2 Å². The SMILES string of the molecule is COc1ccc(C)cc1[C@@H](C)n1cc(CN2[C@H](C)CN(C(=O)c3nnn(-c4ccc(Cl)cc4F)c3C(C)(C)C)C[C@@H]2C)nn1. The summed E-state index contributed by atoms with van der Waals surface area (Å²) in [4.78, 5) is 18.1. The Balaban J connectivity index is 1.33. The number of nitrogens with zero attached hydrogens (tertiary/aromatic N) is 8. The van der Waals surface area contributed by atoms with Crippen molar-refractivity contribution in [1.82, 2.24) is 39.8 Å². The van der Waals surface area contributed by atoms with Crippen LogP contribution >= 0.6 is 11.6 Å². The normalized spacial score (nSPS) is 18.5. The predicted molar refractivity (Wildman–Crippen MR) is 167 cm³/mol. The van der Waals surface area contributed by atoms with Gasteiger partial charge in [-0.1, -0.05) is 60.5 Å². The molecule has 1 aliphatic rings. The van der Waals surface area contributed by atoms with Crippen molar-refractivity contribution in [1.29, 1.82) is 0 Å². The van der Waals surface area contributed by atoms with Gasteiger partial charge in [-0.05, 0) is 52.0 Å². The zero-order chi connectivity index (χ0) is 31.9. The van der Waals surface area contributed by atoms with E-state index in [-0.39, 0.29) is 40.4 Å². The van der Waals surface area contributed by atoms with Crippen LogP contribution in [0.3, 0.4) is 0 Å². The van der Waals surface area contributed by atoms with Crippen molar-refractivity contribution in [2.75, 3.05) is 20.2 Å². The Kier molecular flexibility index (Phi) is 8.82. The average Bonchev–Trinajstić information content (AvgIpc) is 3.62. The molecule has 2 aromatic heterocycles. The summed E-state index contributed by atoms with van der Waals surface area (Å²) in [6.07, 6.45) is 1.98. The number of amides is 1. The fourth-order valence-corrected chi connectivity index (χ4v) is 6.15. The van der Waals surface area contributed by atoms with E-state index >= 15 is 0 Å². The van der Waals surface area contributed by atoms with Crippen molar-refractivity contribution in [2.24, 2.45) is 0 Å². The Morgan fingerprint density at radius 2 is 1.80 bits per heavy atom. The zero-order valence-electron chi connectivity index (χ0n) is 26.5. The van der Waals surface area contributed by atoms with Crippen molar-refractivity contribution in [3.8, 4) is 11.4 Å².